The van der Waals surface area contributed by atoms with Gasteiger partial charge in [-0.05, 0) is 6.92 Å². The van der Waals surface area contributed by atoms with Crippen LogP contribution in [-0.4, -0.2) is 46.0 Å². The van der Waals surface area contributed by atoms with E-state index in [9.17, 15) is 0 Å². The summed E-state index contributed by atoms with van der Waals surface area (Å²) in [5, 5.41) is 1.76. The molecule has 0 aliphatic carbocycles. The molecule has 1 aliphatic heterocycles. The van der Waals surface area contributed by atoms with Gasteiger partial charge in [0.25, 0.3) is 0 Å². The molecule has 2 aromatic heterocycles. The number of rotatable bonds is 3. The van der Waals surface area contributed by atoms with E-state index in [1.54, 1.807) is 23.9 Å². The average molecular weight is 310 g/mol. The molecule has 0 atom stereocenters. The van der Waals surface area contributed by atoms with Crippen molar-refractivity contribution in [2.75, 3.05) is 31.1 Å². The summed E-state index contributed by atoms with van der Waals surface area (Å²) in [6.45, 7) is 6.93. The second-order valence-electron chi connectivity index (χ2n) is 4.80. The quantitative estimate of drug-likeness (QED) is 0.870. The number of hydrogen-bond acceptors (Lipinski definition) is 6. The van der Waals surface area contributed by atoms with Crippen LogP contribution in [0.5, 0.6) is 0 Å². The van der Waals surface area contributed by atoms with Gasteiger partial charge in [-0.3, -0.25) is 4.90 Å². The molecule has 3 heterocycles. The van der Waals surface area contributed by atoms with Gasteiger partial charge in [-0.15, -0.1) is 11.3 Å². The molecule has 2 aromatic rings. The van der Waals surface area contributed by atoms with Crippen molar-refractivity contribution in [2.45, 2.75) is 13.5 Å². The lowest BCUT2D eigenvalue weighted by molar-refractivity contribution is 0.251. The van der Waals surface area contributed by atoms with Crippen molar-refractivity contribution in [1.29, 1.82) is 0 Å². The van der Waals surface area contributed by atoms with Crippen molar-refractivity contribution in [3.8, 4) is 0 Å². The standard InChI is InChI=1S/C13H16ClN5S/c1-10-16-6-11(20-10)8-18-2-4-19(5-3-18)13-12(14)7-15-9-17-13/h6-7,9H,2-5,8H2,1H3. The summed E-state index contributed by atoms with van der Waals surface area (Å²) < 4.78 is 0. The van der Waals surface area contributed by atoms with Gasteiger partial charge < -0.3 is 4.90 Å². The molecule has 0 amide bonds. The third kappa shape index (κ3) is 3.08. The Morgan fingerprint density at radius 1 is 1.20 bits per heavy atom. The number of anilines is 1. The molecule has 1 saturated heterocycles. The van der Waals surface area contributed by atoms with E-state index in [-0.39, 0.29) is 0 Å². The Bertz CT molecular complexity index is 580. The van der Waals surface area contributed by atoms with Gasteiger partial charge in [0.1, 0.15) is 11.3 Å². The SMILES string of the molecule is Cc1ncc(CN2CCN(c3ncncc3Cl)CC2)s1. The molecule has 1 aliphatic rings. The molecule has 0 unspecified atom stereocenters. The van der Waals surface area contributed by atoms with E-state index >= 15 is 0 Å². The zero-order valence-electron chi connectivity index (χ0n) is 11.3. The lowest BCUT2D eigenvalue weighted by Crippen LogP contribution is -2.46. The molecule has 0 spiro atoms. The normalized spacial score (nSPS) is 16.6. The van der Waals surface area contributed by atoms with E-state index in [0.29, 0.717) is 5.02 Å². The highest BCUT2D eigenvalue weighted by atomic mass is 35.5. The van der Waals surface area contributed by atoms with Gasteiger partial charge in [-0.1, -0.05) is 11.6 Å². The molecule has 106 valence electrons. The summed E-state index contributed by atoms with van der Waals surface area (Å²) in [6, 6.07) is 0. The summed E-state index contributed by atoms with van der Waals surface area (Å²) in [5.74, 6) is 0.843. The van der Waals surface area contributed by atoms with Gasteiger partial charge in [0.15, 0.2) is 5.82 Å². The lowest BCUT2D eigenvalue weighted by Gasteiger charge is -2.35. The van der Waals surface area contributed by atoms with Gasteiger partial charge in [0.05, 0.1) is 11.2 Å². The van der Waals surface area contributed by atoms with Crippen molar-refractivity contribution in [2.24, 2.45) is 0 Å². The van der Waals surface area contributed by atoms with Crippen LogP contribution in [0.3, 0.4) is 0 Å². The first-order valence-electron chi connectivity index (χ1n) is 6.56. The monoisotopic (exact) mass is 309 g/mol. The molecule has 5 nitrogen and oxygen atoms in total. The Kier molecular flexibility index (Phi) is 4.14. The van der Waals surface area contributed by atoms with E-state index in [1.165, 1.54) is 4.88 Å². The summed E-state index contributed by atoms with van der Waals surface area (Å²) in [7, 11) is 0. The smallest absolute Gasteiger partial charge is 0.150 e. The second kappa shape index (κ2) is 6.03. The van der Waals surface area contributed by atoms with Crippen LogP contribution in [0.2, 0.25) is 5.02 Å². The maximum atomic E-state index is 6.14. The summed E-state index contributed by atoms with van der Waals surface area (Å²) in [4.78, 5) is 18.5. The minimum Gasteiger partial charge on any atom is -0.353 e. The number of piperazine rings is 1. The van der Waals surface area contributed by atoms with Crippen molar-refractivity contribution in [3.63, 3.8) is 0 Å². The number of thiazole rings is 1. The van der Waals surface area contributed by atoms with Crippen LogP contribution in [0.25, 0.3) is 0 Å². The maximum absolute atomic E-state index is 6.14. The van der Waals surface area contributed by atoms with Crippen LogP contribution in [-0.2, 0) is 6.54 Å². The van der Waals surface area contributed by atoms with Gasteiger partial charge >= 0.3 is 0 Å². The Labute approximate surface area is 127 Å². The number of aryl methyl sites for hydroxylation is 1. The van der Waals surface area contributed by atoms with Crippen molar-refractivity contribution in [3.05, 3.63) is 33.6 Å². The van der Waals surface area contributed by atoms with E-state index in [0.717, 1.165) is 43.5 Å². The summed E-state index contributed by atoms with van der Waals surface area (Å²) in [5.41, 5.74) is 0. The molecular weight excluding hydrogens is 294 g/mol. The van der Waals surface area contributed by atoms with Gasteiger partial charge in [-0.25, -0.2) is 15.0 Å². The minimum atomic E-state index is 0.624. The van der Waals surface area contributed by atoms with Crippen LogP contribution >= 0.6 is 22.9 Å². The van der Waals surface area contributed by atoms with E-state index in [1.807, 2.05) is 13.1 Å². The molecular formula is C13H16ClN5S. The van der Waals surface area contributed by atoms with E-state index in [2.05, 4.69) is 24.8 Å². The van der Waals surface area contributed by atoms with E-state index in [4.69, 9.17) is 11.6 Å². The molecule has 0 aromatic carbocycles. The maximum Gasteiger partial charge on any atom is 0.150 e. The molecule has 3 rings (SSSR count). The lowest BCUT2D eigenvalue weighted by atomic mass is 10.3. The van der Waals surface area contributed by atoms with Crippen LogP contribution in [0, 0.1) is 6.92 Å². The number of hydrogen-bond donors (Lipinski definition) is 0. The zero-order valence-corrected chi connectivity index (χ0v) is 12.9. The second-order valence-corrected chi connectivity index (χ2v) is 6.53. The van der Waals surface area contributed by atoms with Crippen molar-refractivity contribution in [1.82, 2.24) is 19.9 Å². The molecule has 0 bridgehead atoms. The summed E-state index contributed by atoms with van der Waals surface area (Å²) in [6.07, 6.45) is 5.18. The number of halogens is 1. The molecule has 20 heavy (non-hydrogen) atoms. The van der Waals surface area contributed by atoms with Crippen molar-refractivity contribution < 1.29 is 0 Å². The highest BCUT2D eigenvalue weighted by Crippen LogP contribution is 2.23. The average Bonchev–Trinajstić information content (AvgIpc) is 2.86. The number of nitrogens with zero attached hydrogens (tertiary/aromatic N) is 5. The summed E-state index contributed by atoms with van der Waals surface area (Å²) >= 11 is 7.91. The predicted molar refractivity (Wildman–Crippen MR) is 81.4 cm³/mol. The largest absolute Gasteiger partial charge is 0.353 e. The van der Waals surface area contributed by atoms with Crippen molar-refractivity contribution >= 4 is 28.8 Å². The predicted octanol–water partition coefficient (Wildman–Crippen LogP) is 2.22. The first kappa shape index (κ1) is 13.7. The first-order chi connectivity index (χ1) is 9.72. The van der Waals surface area contributed by atoms with Gasteiger partial charge in [0.2, 0.25) is 0 Å². The third-order valence-corrected chi connectivity index (χ3v) is 4.53. The Balaban J connectivity index is 1.58. The highest BCUT2D eigenvalue weighted by molar-refractivity contribution is 7.11. The molecule has 1 fully saturated rings. The van der Waals surface area contributed by atoms with Crippen LogP contribution in [0.1, 0.15) is 9.88 Å². The first-order valence-corrected chi connectivity index (χ1v) is 7.76. The fraction of sp³-hybridized carbons (Fsp3) is 0.462. The number of aromatic nitrogens is 3. The highest BCUT2D eigenvalue weighted by Gasteiger charge is 2.20. The topological polar surface area (TPSA) is 45.2 Å². The molecule has 7 heteroatoms. The molecule has 0 N–H and O–H groups in total. The van der Waals surface area contributed by atoms with Gasteiger partial charge in [-0.2, -0.15) is 0 Å². The zero-order chi connectivity index (χ0) is 13.9. The van der Waals surface area contributed by atoms with E-state index < -0.39 is 0 Å². The van der Waals surface area contributed by atoms with Gasteiger partial charge in [0, 0.05) is 43.8 Å². The van der Waals surface area contributed by atoms with Crippen LogP contribution in [0.15, 0.2) is 18.7 Å². The van der Waals surface area contributed by atoms with Crippen LogP contribution < -0.4 is 4.90 Å². The third-order valence-electron chi connectivity index (χ3n) is 3.37. The Morgan fingerprint density at radius 3 is 2.65 bits per heavy atom. The minimum absolute atomic E-state index is 0.624. The molecule has 0 saturated carbocycles. The Hall–Kier alpha value is -1.24. The fourth-order valence-electron chi connectivity index (χ4n) is 2.36. The fourth-order valence-corrected chi connectivity index (χ4v) is 3.42. The Morgan fingerprint density at radius 2 is 2.00 bits per heavy atom. The van der Waals surface area contributed by atoms with Crippen LogP contribution in [0.4, 0.5) is 5.82 Å². The molecule has 0 radical (unpaired) electrons.